The number of ether oxygens (including phenoxy) is 1. The largest absolute Gasteiger partial charge is 0.481 e. The Labute approximate surface area is 105 Å². The first-order chi connectivity index (χ1) is 8.61. The van der Waals surface area contributed by atoms with Crippen LogP contribution in [0.5, 0.6) is 0 Å². The number of amides is 1. The number of carbonyl (C=O) groups excluding carboxylic acids is 2. The molecule has 1 atom stereocenters. The van der Waals surface area contributed by atoms with Crippen molar-refractivity contribution in [3.05, 3.63) is 0 Å². The lowest BCUT2D eigenvalue weighted by Crippen LogP contribution is -2.35. The van der Waals surface area contributed by atoms with Crippen molar-refractivity contribution in [1.82, 2.24) is 10.6 Å². The average Bonchev–Trinajstić information content (AvgIpc) is 2.73. The summed E-state index contributed by atoms with van der Waals surface area (Å²) in [5.41, 5.74) is 0. The lowest BCUT2D eigenvalue weighted by Gasteiger charge is -2.08. The number of Topliss-reactive ketones (excluding diaryl/α,β-unsaturated/α-hetero) is 1. The molecule has 0 radical (unpaired) electrons. The fourth-order valence-electron chi connectivity index (χ4n) is 1.59. The molecule has 1 saturated heterocycles. The Morgan fingerprint density at radius 1 is 1.44 bits per heavy atom. The fourth-order valence-corrected chi connectivity index (χ4v) is 1.59. The lowest BCUT2D eigenvalue weighted by atomic mass is 10.1. The van der Waals surface area contributed by atoms with Gasteiger partial charge in [-0.05, 0) is 6.42 Å². The van der Waals surface area contributed by atoms with E-state index in [1.165, 1.54) is 0 Å². The summed E-state index contributed by atoms with van der Waals surface area (Å²) >= 11 is 0. The topological polar surface area (TPSA) is 105 Å². The number of rotatable bonds is 8. The molecule has 3 N–H and O–H groups in total. The average molecular weight is 258 g/mol. The number of hydrogen-bond acceptors (Lipinski definition) is 5. The fraction of sp³-hybridized carbons (Fsp3) is 0.727. The van der Waals surface area contributed by atoms with E-state index in [1.54, 1.807) is 0 Å². The Balaban J connectivity index is 1.99. The highest BCUT2D eigenvalue weighted by atomic mass is 16.5. The number of aliphatic carboxylic acids is 1. The third-order valence-corrected chi connectivity index (χ3v) is 2.58. The Morgan fingerprint density at radius 3 is 2.83 bits per heavy atom. The summed E-state index contributed by atoms with van der Waals surface area (Å²) in [6.07, 6.45) is 0.578. The molecular weight excluding hydrogens is 240 g/mol. The van der Waals surface area contributed by atoms with Crippen molar-refractivity contribution in [3.8, 4) is 0 Å². The zero-order valence-electron chi connectivity index (χ0n) is 10.1. The molecule has 18 heavy (non-hydrogen) atoms. The van der Waals surface area contributed by atoms with E-state index in [0.29, 0.717) is 26.1 Å². The van der Waals surface area contributed by atoms with Crippen LogP contribution in [0, 0.1) is 5.92 Å². The van der Waals surface area contributed by atoms with E-state index in [-0.39, 0.29) is 31.3 Å². The highest BCUT2D eigenvalue weighted by Crippen LogP contribution is 2.02. The smallest absolute Gasteiger partial charge is 0.305 e. The second kappa shape index (κ2) is 7.78. The van der Waals surface area contributed by atoms with Gasteiger partial charge < -0.3 is 20.5 Å². The van der Waals surface area contributed by atoms with E-state index < -0.39 is 11.9 Å². The Morgan fingerprint density at radius 2 is 2.22 bits per heavy atom. The Kier molecular flexibility index (Phi) is 6.31. The van der Waals surface area contributed by atoms with E-state index in [4.69, 9.17) is 9.84 Å². The second-order valence-electron chi connectivity index (χ2n) is 4.05. The molecule has 7 heteroatoms. The molecule has 0 aromatic heterocycles. The quantitative estimate of drug-likeness (QED) is 0.372. The van der Waals surface area contributed by atoms with E-state index in [1.807, 2.05) is 0 Å². The number of carbonyl (C=O) groups is 3. The normalized spacial score (nSPS) is 18.9. The van der Waals surface area contributed by atoms with Crippen molar-refractivity contribution in [1.29, 1.82) is 0 Å². The number of ketones is 1. The SMILES string of the molecule is O=C(O)CCOCCCNC(=O)C1CNCC1=O. The van der Waals surface area contributed by atoms with Gasteiger partial charge in [-0.2, -0.15) is 0 Å². The molecule has 0 aromatic carbocycles. The van der Waals surface area contributed by atoms with Crippen LogP contribution in [0.1, 0.15) is 12.8 Å². The maximum Gasteiger partial charge on any atom is 0.305 e. The molecule has 0 aromatic rings. The predicted octanol–water partition coefficient (Wildman–Crippen LogP) is -1.23. The minimum absolute atomic E-state index is 0.0192. The maximum atomic E-state index is 11.5. The summed E-state index contributed by atoms with van der Waals surface area (Å²) in [6.45, 7) is 1.66. The monoisotopic (exact) mass is 258 g/mol. The van der Waals surface area contributed by atoms with Crippen molar-refractivity contribution < 1.29 is 24.2 Å². The summed E-state index contributed by atoms with van der Waals surface area (Å²) in [4.78, 5) is 33.0. The van der Waals surface area contributed by atoms with Gasteiger partial charge in [0.1, 0.15) is 5.92 Å². The van der Waals surface area contributed by atoms with E-state index >= 15 is 0 Å². The van der Waals surface area contributed by atoms with Crippen LogP contribution in [0.15, 0.2) is 0 Å². The van der Waals surface area contributed by atoms with Crippen LogP contribution in [0.25, 0.3) is 0 Å². The molecule has 102 valence electrons. The molecular formula is C11H18N2O5. The molecule has 1 amide bonds. The van der Waals surface area contributed by atoms with Gasteiger partial charge in [0.05, 0.1) is 19.6 Å². The summed E-state index contributed by atoms with van der Waals surface area (Å²) in [7, 11) is 0. The van der Waals surface area contributed by atoms with Crippen LogP contribution in [0.4, 0.5) is 0 Å². The van der Waals surface area contributed by atoms with Gasteiger partial charge >= 0.3 is 5.97 Å². The van der Waals surface area contributed by atoms with Crippen molar-refractivity contribution >= 4 is 17.7 Å². The number of carboxylic acids is 1. The number of carboxylic acid groups (broad SMARTS) is 1. The molecule has 7 nitrogen and oxygen atoms in total. The van der Waals surface area contributed by atoms with E-state index in [9.17, 15) is 14.4 Å². The van der Waals surface area contributed by atoms with Gasteiger partial charge in [0.15, 0.2) is 5.78 Å². The Bertz CT molecular complexity index is 319. The van der Waals surface area contributed by atoms with Gasteiger partial charge in [0.25, 0.3) is 0 Å². The molecule has 0 bridgehead atoms. The number of nitrogens with one attached hydrogen (secondary N) is 2. The van der Waals surface area contributed by atoms with Gasteiger partial charge in [0, 0.05) is 19.7 Å². The molecule has 0 spiro atoms. The van der Waals surface area contributed by atoms with Crippen LogP contribution < -0.4 is 10.6 Å². The van der Waals surface area contributed by atoms with Crippen LogP contribution >= 0.6 is 0 Å². The molecule has 1 rings (SSSR count). The molecule has 1 unspecified atom stereocenters. The highest BCUT2D eigenvalue weighted by molar-refractivity contribution is 6.03. The van der Waals surface area contributed by atoms with Gasteiger partial charge in [-0.25, -0.2) is 0 Å². The minimum Gasteiger partial charge on any atom is -0.481 e. The molecule has 1 aliphatic heterocycles. The van der Waals surface area contributed by atoms with Crippen molar-refractivity contribution in [2.45, 2.75) is 12.8 Å². The lowest BCUT2D eigenvalue weighted by molar-refractivity contribution is -0.138. The van der Waals surface area contributed by atoms with Gasteiger partial charge in [-0.3, -0.25) is 14.4 Å². The van der Waals surface area contributed by atoms with Crippen molar-refractivity contribution in [2.75, 3.05) is 32.8 Å². The van der Waals surface area contributed by atoms with Gasteiger partial charge in [0.2, 0.25) is 5.91 Å². The predicted molar refractivity (Wildman–Crippen MR) is 62.1 cm³/mol. The second-order valence-corrected chi connectivity index (χ2v) is 4.05. The summed E-state index contributed by atoms with van der Waals surface area (Å²) in [5, 5.41) is 13.9. The summed E-state index contributed by atoms with van der Waals surface area (Å²) in [6, 6.07) is 0. The molecule has 1 aliphatic rings. The van der Waals surface area contributed by atoms with Crippen LogP contribution in [0.3, 0.4) is 0 Å². The highest BCUT2D eigenvalue weighted by Gasteiger charge is 2.30. The zero-order chi connectivity index (χ0) is 13.4. The molecule has 1 heterocycles. The first-order valence-corrected chi connectivity index (χ1v) is 5.92. The summed E-state index contributed by atoms with van der Waals surface area (Å²) < 4.78 is 5.06. The van der Waals surface area contributed by atoms with Crippen molar-refractivity contribution in [2.24, 2.45) is 5.92 Å². The number of hydrogen-bond donors (Lipinski definition) is 3. The third kappa shape index (κ3) is 5.24. The van der Waals surface area contributed by atoms with E-state index in [0.717, 1.165) is 0 Å². The molecule has 0 aliphatic carbocycles. The third-order valence-electron chi connectivity index (χ3n) is 2.58. The van der Waals surface area contributed by atoms with Gasteiger partial charge in [-0.15, -0.1) is 0 Å². The summed E-state index contributed by atoms with van der Waals surface area (Å²) in [5.74, 6) is -1.80. The Hall–Kier alpha value is -1.47. The van der Waals surface area contributed by atoms with Crippen LogP contribution in [-0.4, -0.2) is 55.6 Å². The standard InChI is InChI=1S/C11H18N2O5/c14-9-7-12-6-8(9)11(17)13-3-1-4-18-5-2-10(15)16/h8,12H,1-7H2,(H,13,17)(H,15,16). The minimum atomic E-state index is -0.893. The van der Waals surface area contributed by atoms with Crippen LogP contribution in [0.2, 0.25) is 0 Å². The van der Waals surface area contributed by atoms with E-state index in [2.05, 4.69) is 10.6 Å². The van der Waals surface area contributed by atoms with Crippen molar-refractivity contribution in [3.63, 3.8) is 0 Å². The van der Waals surface area contributed by atoms with Gasteiger partial charge in [-0.1, -0.05) is 0 Å². The first kappa shape index (κ1) is 14.6. The molecule has 1 fully saturated rings. The maximum absolute atomic E-state index is 11.5. The molecule has 0 saturated carbocycles. The zero-order valence-corrected chi connectivity index (χ0v) is 10.1. The van der Waals surface area contributed by atoms with Crippen LogP contribution in [-0.2, 0) is 19.1 Å². The first-order valence-electron chi connectivity index (χ1n) is 5.92.